The number of benzene rings is 1. The van der Waals surface area contributed by atoms with E-state index < -0.39 is 0 Å². The average Bonchev–Trinajstić information content (AvgIpc) is 2.67. The van der Waals surface area contributed by atoms with Crippen molar-refractivity contribution in [2.45, 2.75) is 38.5 Å². The van der Waals surface area contributed by atoms with Crippen LogP contribution in [0.5, 0.6) is 11.5 Å². The molecule has 0 spiro atoms. The molecular formula is C21H25NO3. The highest BCUT2D eigenvalue weighted by molar-refractivity contribution is 5.76. The lowest BCUT2D eigenvalue weighted by Crippen LogP contribution is -2.24. The van der Waals surface area contributed by atoms with Crippen LogP contribution < -0.4 is 9.47 Å². The van der Waals surface area contributed by atoms with E-state index in [2.05, 4.69) is 17.1 Å². The SMILES string of the molecule is COc1ccccc1C1CCCCC1COc1ccc(C)nc1C=O. The van der Waals surface area contributed by atoms with E-state index in [-0.39, 0.29) is 0 Å². The van der Waals surface area contributed by atoms with Crippen LogP contribution in [0.1, 0.15) is 53.3 Å². The zero-order chi connectivity index (χ0) is 17.6. The van der Waals surface area contributed by atoms with Gasteiger partial charge in [0.15, 0.2) is 6.29 Å². The van der Waals surface area contributed by atoms with Crippen molar-refractivity contribution < 1.29 is 14.3 Å². The largest absolute Gasteiger partial charge is 0.496 e. The van der Waals surface area contributed by atoms with Crippen LogP contribution in [0.2, 0.25) is 0 Å². The van der Waals surface area contributed by atoms with Crippen molar-refractivity contribution in [1.82, 2.24) is 4.98 Å². The highest BCUT2D eigenvalue weighted by atomic mass is 16.5. The minimum atomic E-state index is 0.379. The Morgan fingerprint density at radius 3 is 2.72 bits per heavy atom. The summed E-state index contributed by atoms with van der Waals surface area (Å²) in [6, 6.07) is 12.0. The number of aldehydes is 1. The van der Waals surface area contributed by atoms with E-state index in [0.717, 1.165) is 30.6 Å². The highest BCUT2D eigenvalue weighted by Crippen LogP contribution is 2.41. The zero-order valence-electron chi connectivity index (χ0n) is 14.9. The first-order valence-corrected chi connectivity index (χ1v) is 8.91. The molecule has 0 radical (unpaired) electrons. The molecule has 1 aromatic heterocycles. The minimum Gasteiger partial charge on any atom is -0.496 e. The summed E-state index contributed by atoms with van der Waals surface area (Å²) in [6.45, 7) is 2.46. The molecule has 2 aromatic rings. The molecule has 4 nitrogen and oxygen atoms in total. The molecule has 2 atom stereocenters. The lowest BCUT2D eigenvalue weighted by molar-refractivity contribution is 0.111. The van der Waals surface area contributed by atoms with Gasteiger partial charge >= 0.3 is 0 Å². The molecule has 2 unspecified atom stereocenters. The Morgan fingerprint density at radius 2 is 1.92 bits per heavy atom. The van der Waals surface area contributed by atoms with Gasteiger partial charge in [-0.25, -0.2) is 4.98 Å². The molecule has 1 saturated carbocycles. The van der Waals surface area contributed by atoms with E-state index >= 15 is 0 Å². The van der Waals surface area contributed by atoms with Crippen LogP contribution in [0.3, 0.4) is 0 Å². The first-order chi connectivity index (χ1) is 12.2. The summed E-state index contributed by atoms with van der Waals surface area (Å²) in [5.41, 5.74) is 2.46. The van der Waals surface area contributed by atoms with Crippen molar-refractivity contribution in [2.75, 3.05) is 13.7 Å². The zero-order valence-corrected chi connectivity index (χ0v) is 14.9. The molecule has 1 aliphatic carbocycles. The average molecular weight is 339 g/mol. The highest BCUT2D eigenvalue weighted by Gasteiger charge is 2.29. The normalized spacial score (nSPS) is 20.1. The van der Waals surface area contributed by atoms with Crippen molar-refractivity contribution in [3.05, 3.63) is 53.3 Å². The van der Waals surface area contributed by atoms with E-state index in [9.17, 15) is 4.79 Å². The van der Waals surface area contributed by atoms with E-state index in [1.54, 1.807) is 7.11 Å². The number of rotatable bonds is 6. The van der Waals surface area contributed by atoms with E-state index in [1.165, 1.54) is 18.4 Å². The lowest BCUT2D eigenvalue weighted by atomic mass is 9.75. The van der Waals surface area contributed by atoms with Crippen molar-refractivity contribution in [1.29, 1.82) is 0 Å². The summed E-state index contributed by atoms with van der Waals surface area (Å²) in [7, 11) is 1.72. The molecule has 0 N–H and O–H groups in total. The first-order valence-electron chi connectivity index (χ1n) is 8.91. The third-order valence-electron chi connectivity index (χ3n) is 5.04. The molecule has 1 fully saturated rings. The number of aromatic nitrogens is 1. The van der Waals surface area contributed by atoms with Crippen LogP contribution in [0.15, 0.2) is 36.4 Å². The molecule has 0 saturated heterocycles. The Balaban J connectivity index is 1.77. The van der Waals surface area contributed by atoms with Gasteiger partial charge in [0.05, 0.1) is 13.7 Å². The van der Waals surface area contributed by atoms with E-state index in [4.69, 9.17) is 9.47 Å². The number of carbonyl (C=O) groups excluding carboxylic acids is 1. The molecule has 1 aromatic carbocycles. The number of nitrogens with zero attached hydrogens (tertiary/aromatic N) is 1. The van der Waals surface area contributed by atoms with Gasteiger partial charge in [-0.1, -0.05) is 31.0 Å². The molecular weight excluding hydrogens is 314 g/mol. The van der Waals surface area contributed by atoms with Crippen LogP contribution in [-0.4, -0.2) is 25.0 Å². The number of para-hydroxylation sites is 1. The van der Waals surface area contributed by atoms with Gasteiger partial charge in [-0.05, 0) is 55.4 Å². The van der Waals surface area contributed by atoms with Gasteiger partial charge in [-0.15, -0.1) is 0 Å². The number of ether oxygens (including phenoxy) is 2. The fourth-order valence-electron chi connectivity index (χ4n) is 3.76. The first kappa shape index (κ1) is 17.5. The van der Waals surface area contributed by atoms with Crippen LogP contribution in [-0.2, 0) is 0 Å². The Hall–Kier alpha value is -2.36. The second-order valence-corrected chi connectivity index (χ2v) is 6.66. The van der Waals surface area contributed by atoms with Gasteiger partial charge in [0.25, 0.3) is 0 Å². The van der Waals surface area contributed by atoms with Gasteiger partial charge < -0.3 is 9.47 Å². The molecule has 0 amide bonds. The number of methoxy groups -OCH3 is 1. The standard InChI is InChI=1S/C21H25NO3/c1-15-11-12-21(19(13-23)22-15)25-14-16-7-3-4-8-17(16)18-9-5-6-10-20(18)24-2/h5-6,9-13,16-17H,3-4,7-8,14H2,1-2H3. The van der Waals surface area contributed by atoms with E-state index in [1.807, 2.05) is 31.2 Å². The van der Waals surface area contributed by atoms with Gasteiger partial charge in [-0.2, -0.15) is 0 Å². The molecule has 1 aliphatic rings. The maximum absolute atomic E-state index is 11.2. The summed E-state index contributed by atoms with van der Waals surface area (Å²) in [4.78, 5) is 15.5. The van der Waals surface area contributed by atoms with Crippen LogP contribution in [0.4, 0.5) is 0 Å². The van der Waals surface area contributed by atoms with E-state index in [0.29, 0.717) is 29.9 Å². The summed E-state index contributed by atoms with van der Waals surface area (Å²) in [5.74, 6) is 2.35. The number of hydrogen-bond donors (Lipinski definition) is 0. The van der Waals surface area contributed by atoms with Crippen LogP contribution >= 0.6 is 0 Å². The Morgan fingerprint density at radius 1 is 1.12 bits per heavy atom. The third kappa shape index (κ3) is 4.01. The summed E-state index contributed by atoms with van der Waals surface area (Å²) in [6.07, 6.45) is 5.47. The van der Waals surface area contributed by atoms with Gasteiger partial charge in [0, 0.05) is 5.69 Å². The molecule has 3 rings (SSSR count). The van der Waals surface area contributed by atoms with Gasteiger partial charge in [-0.3, -0.25) is 4.79 Å². The molecule has 4 heteroatoms. The van der Waals surface area contributed by atoms with Crippen molar-refractivity contribution in [3.63, 3.8) is 0 Å². The quantitative estimate of drug-likeness (QED) is 0.724. The summed E-state index contributed by atoms with van der Waals surface area (Å²) < 4.78 is 11.6. The van der Waals surface area contributed by atoms with Crippen molar-refractivity contribution >= 4 is 6.29 Å². The Labute approximate surface area is 149 Å². The Bertz CT molecular complexity index is 729. The Kier molecular flexibility index (Phi) is 5.69. The molecule has 25 heavy (non-hydrogen) atoms. The predicted molar refractivity (Wildman–Crippen MR) is 97.5 cm³/mol. The predicted octanol–water partition coefficient (Wildman–Crippen LogP) is 4.56. The number of aryl methyl sites for hydroxylation is 1. The summed E-state index contributed by atoms with van der Waals surface area (Å²) in [5, 5.41) is 0. The smallest absolute Gasteiger partial charge is 0.172 e. The second kappa shape index (κ2) is 8.15. The monoisotopic (exact) mass is 339 g/mol. The van der Waals surface area contributed by atoms with Crippen LogP contribution in [0.25, 0.3) is 0 Å². The van der Waals surface area contributed by atoms with Gasteiger partial charge in [0.1, 0.15) is 17.2 Å². The number of hydrogen-bond acceptors (Lipinski definition) is 4. The summed E-state index contributed by atoms with van der Waals surface area (Å²) >= 11 is 0. The number of pyridine rings is 1. The fourth-order valence-corrected chi connectivity index (χ4v) is 3.76. The van der Waals surface area contributed by atoms with Gasteiger partial charge in [0.2, 0.25) is 0 Å². The lowest BCUT2D eigenvalue weighted by Gasteiger charge is -2.32. The number of carbonyl (C=O) groups is 1. The van der Waals surface area contributed by atoms with Crippen molar-refractivity contribution in [3.8, 4) is 11.5 Å². The van der Waals surface area contributed by atoms with Crippen LogP contribution in [0, 0.1) is 12.8 Å². The topological polar surface area (TPSA) is 48.4 Å². The minimum absolute atomic E-state index is 0.379. The fraction of sp³-hybridized carbons (Fsp3) is 0.429. The molecule has 1 heterocycles. The van der Waals surface area contributed by atoms with Crippen molar-refractivity contribution in [2.24, 2.45) is 5.92 Å². The molecule has 0 aliphatic heterocycles. The molecule has 0 bridgehead atoms. The molecule has 132 valence electrons. The maximum Gasteiger partial charge on any atom is 0.172 e. The second-order valence-electron chi connectivity index (χ2n) is 6.66. The maximum atomic E-state index is 11.2. The third-order valence-corrected chi connectivity index (χ3v) is 5.04.